The second-order valence-electron chi connectivity index (χ2n) is 5.51. The average molecular weight is 396 g/mol. The van der Waals surface area contributed by atoms with Crippen LogP contribution in [0.4, 0.5) is 5.69 Å². The third-order valence-electron chi connectivity index (χ3n) is 3.61. The van der Waals surface area contributed by atoms with Gasteiger partial charge in [0.1, 0.15) is 4.90 Å². The van der Waals surface area contributed by atoms with E-state index in [1.165, 1.54) is 18.2 Å². The van der Waals surface area contributed by atoms with Crippen LogP contribution in [0.3, 0.4) is 0 Å². The number of nitrogens with one attached hydrogen (secondary N) is 1. The minimum Gasteiger partial charge on any atom is -0.279 e. The molecular weight excluding hydrogens is 381 g/mol. The minimum absolute atomic E-state index is 0.132. The monoisotopic (exact) mass is 395 g/mol. The SMILES string of the molecule is Cc1nn(-c2ccccc2)c(C)c1S(=O)(=O)Nc1cc(Cl)cc(Cl)c1. The third-order valence-corrected chi connectivity index (χ3v) is 5.68. The summed E-state index contributed by atoms with van der Waals surface area (Å²) in [6.07, 6.45) is 0. The summed E-state index contributed by atoms with van der Waals surface area (Å²) in [5.41, 5.74) is 2.01. The van der Waals surface area contributed by atoms with E-state index in [4.69, 9.17) is 23.2 Å². The molecule has 1 N–H and O–H groups in total. The van der Waals surface area contributed by atoms with Crippen molar-refractivity contribution in [3.63, 3.8) is 0 Å². The van der Waals surface area contributed by atoms with E-state index >= 15 is 0 Å². The molecule has 0 spiro atoms. The molecule has 8 heteroatoms. The Bertz CT molecular complexity index is 1010. The summed E-state index contributed by atoms with van der Waals surface area (Å²) >= 11 is 11.9. The van der Waals surface area contributed by atoms with Gasteiger partial charge in [0.05, 0.1) is 22.8 Å². The Hall–Kier alpha value is -2.02. The first kappa shape index (κ1) is 17.8. The smallest absolute Gasteiger partial charge is 0.265 e. The number of para-hydroxylation sites is 1. The van der Waals surface area contributed by atoms with E-state index in [2.05, 4.69) is 9.82 Å². The van der Waals surface area contributed by atoms with Crippen molar-refractivity contribution < 1.29 is 8.42 Å². The lowest BCUT2D eigenvalue weighted by Crippen LogP contribution is -2.15. The van der Waals surface area contributed by atoms with E-state index < -0.39 is 10.0 Å². The number of halogens is 2. The molecule has 0 amide bonds. The summed E-state index contributed by atoms with van der Waals surface area (Å²) < 4.78 is 29.8. The highest BCUT2D eigenvalue weighted by Gasteiger charge is 2.25. The molecule has 0 aliphatic rings. The topological polar surface area (TPSA) is 64.0 Å². The molecule has 1 aromatic heterocycles. The number of rotatable bonds is 4. The molecule has 1 heterocycles. The van der Waals surface area contributed by atoms with Gasteiger partial charge in [0.2, 0.25) is 0 Å². The van der Waals surface area contributed by atoms with Gasteiger partial charge in [-0.05, 0) is 44.2 Å². The minimum atomic E-state index is -3.85. The van der Waals surface area contributed by atoms with Crippen LogP contribution in [0.15, 0.2) is 53.4 Å². The normalized spacial score (nSPS) is 11.5. The van der Waals surface area contributed by atoms with E-state index in [1.807, 2.05) is 30.3 Å². The van der Waals surface area contributed by atoms with Gasteiger partial charge in [0.25, 0.3) is 10.0 Å². The number of benzene rings is 2. The molecule has 2 aromatic carbocycles. The molecule has 0 radical (unpaired) electrons. The van der Waals surface area contributed by atoms with Crippen LogP contribution in [-0.2, 0) is 10.0 Å². The van der Waals surface area contributed by atoms with E-state index in [-0.39, 0.29) is 4.90 Å². The summed E-state index contributed by atoms with van der Waals surface area (Å²) in [7, 11) is -3.85. The molecule has 0 saturated heterocycles. The third kappa shape index (κ3) is 3.66. The number of nitrogens with zero attached hydrogens (tertiary/aromatic N) is 2. The maximum atomic E-state index is 12.9. The summed E-state index contributed by atoms with van der Waals surface area (Å²) in [6, 6.07) is 13.9. The lowest BCUT2D eigenvalue weighted by atomic mass is 10.3. The first-order valence-corrected chi connectivity index (χ1v) is 9.62. The van der Waals surface area contributed by atoms with E-state index in [0.29, 0.717) is 27.1 Å². The molecule has 0 aliphatic heterocycles. The zero-order chi connectivity index (χ0) is 18.2. The highest BCUT2D eigenvalue weighted by molar-refractivity contribution is 7.92. The zero-order valence-electron chi connectivity index (χ0n) is 13.5. The van der Waals surface area contributed by atoms with Crippen molar-refractivity contribution in [1.29, 1.82) is 0 Å². The van der Waals surface area contributed by atoms with Gasteiger partial charge in [-0.25, -0.2) is 13.1 Å². The largest absolute Gasteiger partial charge is 0.279 e. The maximum Gasteiger partial charge on any atom is 0.265 e. The Kier molecular flexibility index (Phi) is 4.77. The molecule has 0 saturated carbocycles. The van der Waals surface area contributed by atoms with Crippen LogP contribution in [0, 0.1) is 13.8 Å². The quantitative estimate of drug-likeness (QED) is 0.701. The first-order chi connectivity index (χ1) is 11.8. The van der Waals surface area contributed by atoms with Crippen LogP contribution < -0.4 is 4.72 Å². The molecule has 0 aliphatic carbocycles. The molecule has 5 nitrogen and oxygen atoms in total. The van der Waals surface area contributed by atoms with E-state index in [1.54, 1.807) is 18.5 Å². The Morgan fingerprint density at radius 2 is 1.60 bits per heavy atom. The van der Waals surface area contributed by atoms with E-state index in [9.17, 15) is 8.42 Å². The summed E-state index contributed by atoms with van der Waals surface area (Å²) in [5.74, 6) is 0. The number of sulfonamides is 1. The zero-order valence-corrected chi connectivity index (χ0v) is 15.8. The maximum absolute atomic E-state index is 12.9. The fourth-order valence-corrected chi connectivity index (χ4v) is 4.62. The van der Waals surface area contributed by atoms with Gasteiger partial charge >= 0.3 is 0 Å². The predicted molar refractivity (Wildman–Crippen MR) is 100 cm³/mol. The lowest BCUT2D eigenvalue weighted by Gasteiger charge is -2.10. The van der Waals surface area contributed by atoms with Crippen molar-refractivity contribution in [3.8, 4) is 5.69 Å². The second kappa shape index (κ2) is 6.71. The molecular formula is C17H15Cl2N3O2S. The summed E-state index contributed by atoms with van der Waals surface area (Å²) in [5, 5.41) is 5.06. The van der Waals surface area contributed by atoms with Gasteiger partial charge in [-0.3, -0.25) is 4.72 Å². The Morgan fingerprint density at radius 3 is 2.20 bits per heavy atom. The van der Waals surface area contributed by atoms with Crippen LogP contribution in [0.2, 0.25) is 10.0 Å². The van der Waals surface area contributed by atoms with Crippen LogP contribution in [0.5, 0.6) is 0 Å². The number of aromatic nitrogens is 2. The van der Waals surface area contributed by atoms with Gasteiger partial charge in [0.15, 0.2) is 0 Å². The van der Waals surface area contributed by atoms with Crippen molar-refractivity contribution in [2.75, 3.05) is 4.72 Å². The van der Waals surface area contributed by atoms with Gasteiger partial charge in [-0.1, -0.05) is 41.4 Å². The fourth-order valence-electron chi connectivity index (χ4n) is 2.66. The number of anilines is 1. The van der Waals surface area contributed by atoms with Crippen molar-refractivity contribution in [2.24, 2.45) is 0 Å². The predicted octanol–water partition coefficient (Wildman–Crippen LogP) is 4.60. The van der Waals surface area contributed by atoms with Crippen molar-refractivity contribution in [2.45, 2.75) is 18.7 Å². The molecule has 0 atom stereocenters. The molecule has 3 rings (SSSR count). The molecule has 0 bridgehead atoms. The standard InChI is InChI=1S/C17H15Cl2N3O2S/c1-11-17(12(2)22(20-11)16-6-4-3-5-7-16)25(23,24)21-15-9-13(18)8-14(19)10-15/h3-10,21H,1-2H3. The van der Waals surface area contributed by atoms with Crippen molar-refractivity contribution in [3.05, 3.63) is 70.0 Å². The lowest BCUT2D eigenvalue weighted by molar-refractivity contribution is 0.600. The van der Waals surface area contributed by atoms with Crippen molar-refractivity contribution >= 4 is 38.9 Å². The van der Waals surface area contributed by atoms with Gasteiger partial charge in [0, 0.05) is 10.0 Å². The van der Waals surface area contributed by atoms with E-state index in [0.717, 1.165) is 5.69 Å². The highest BCUT2D eigenvalue weighted by Crippen LogP contribution is 2.27. The summed E-state index contributed by atoms with van der Waals surface area (Å²) in [4.78, 5) is 0.132. The highest BCUT2D eigenvalue weighted by atomic mass is 35.5. The number of hydrogen-bond donors (Lipinski definition) is 1. The van der Waals surface area contributed by atoms with Gasteiger partial charge < -0.3 is 0 Å². The van der Waals surface area contributed by atoms with Gasteiger partial charge in [-0.2, -0.15) is 5.10 Å². The van der Waals surface area contributed by atoms with Crippen LogP contribution in [-0.4, -0.2) is 18.2 Å². The Morgan fingerprint density at radius 1 is 1.00 bits per heavy atom. The molecule has 3 aromatic rings. The summed E-state index contributed by atoms with van der Waals surface area (Å²) in [6.45, 7) is 3.37. The van der Waals surface area contributed by atoms with Gasteiger partial charge in [-0.15, -0.1) is 0 Å². The molecule has 0 unspecified atom stereocenters. The Balaban J connectivity index is 2.05. The van der Waals surface area contributed by atoms with Crippen LogP contribution in [0.1, 0.15) is 11.4 Å². The number of hydrogen-bond acceptors (Lipinski definition) is 3. The van der Waals surface area contributed by atoms with Crippen LogP contribution in [0.25, 0.3) is 5.69 Å². The second-order valence-corrected chi connectivity index (χ2v) is 8.00. The molecule has 0 fully saturated rings. The first-order valence-electron chi connectivity index (χ1n) is 7.38. The van der Waals surface area contributed by atoms with Crippen LogP contribution >= 0.6 is 23.2 Å². The number of aryl methyl sites for hydroxylation is 1. The van der Waals surface area contributed by atoms with Crippen molar-refractivity contribution in [1.82, 2.24) is 9.78 Å². The molecule has 25 heavy (non-hydrogen) atoms. The average Bonchev–Trinajstić information content (AvgIpc) is 2.82. The fraction of sp³-hybridized carbons (Fsp3) is 0.118. The Labute approximate surface area is 156 Å². The molecule has 130 valence electrons.